The van der Waals surface area contributed by atoms with E-state index < -0.39 is 5.82 Å². The summed E-state index contributed by atoms with van der Waals surface area (Å²) in [4.78, 5) is 13.1. The predicted molar refractivity (Wildman–Crippen MR) is 121 cm³/mol. The monoisotopic (exact) mass is 475 g/mol. The Kier molecular flexibility index (Phi) is 6.56. The van der Waals surface area contributed by atoms with Gasteiger partial charge in [0.1, 0.15) is 18.2 Å². The summed E-state index contributed by atoms with van der Waals surface area (Å²) >= 11 is 13.5. The van der Waals surface area contributed by atoms with E-state index in [2.05, 4.69) is 10.4 Å². The maximum absolute atomic E-state index is 14.0. The number of ether oxygens (including phenoxy) is 1. The molecule has 1 amide bonds. The van der Waals surface area contributed by atoms with Gasteiger partial charge < -0.3 is 10.1 Å². The van der Waals surface area contributed by atoms with Gasteiger partial charge in [0.15, 0.2) is 0 Å². The standard InChI is InChI=1S/C22H16Cl2FN3O2S/c23-17-5-3-6-19(25)16(17)11-28-10-15(9-26-28)27-22(29)21-8-14(13-31-21)12-30-20-7-2-1-4-18(20)24/h1-10,13H,11-12H2,(H,27,29). The van der Waals surface area contributed by atoms with E-state index in [0.29, 0.717) is 38.5 Å². The first-order chi connectivity index (χ1) is 15.0. The van der Waals surface area contributed by atoms with Crippen molar-refractivity contribution in [2.75, 3.05) is 5.32 Å². The van der Waals surface area contributed by atoms with Gasteiger partial charge in [0.2, 0.25) is 0 Å². The van der Waals surface area contributed by atoms with Crippen LogP contribution in [0.3, 0.4) is 0 Å². The highest BCUT2D eigenvalue weighted by atomic mass is 35.5. The molecule has 0 radical (unpaired) electrons. The fourth-order valence-corrected chi connectivity index (χ4v) is 4.05. The van der Waals surface area contributed by atoms with Gasteiger partial charge in [0.05, 0.1) is 28.3 Å². The van der Waals surface area contributed by atoms with Crippen LogP contribution in [0.2, 0.25) is 10.0 Å². The van der Waals surface area contributed by atoms with Crippen LogP contribution in [0, 0.1) is 5.82 Å². The van der Waals surface area contributed by atoms with E-state index in [1.54, 1.807) is 36.5 Å². The average Bonchev–Trinajstić information content (AvgIpc) is 3.40. The second kappa shape index (κ2) is 9.51. The number of rotatable bonds is 7. The number of hydrogen-bond acceptors (Lipinski definition) is 4. The Morgan fingerprint density at radius 3 is 2.77 bits per heavy atom. The van der Waals surface area contributed by atoms with Gasteiger partial charge in [0, 0.05) is 22.3 Å². The van der Waals surface area contributed by atoms with E-state index in [1.807, 2.05) is 17.5 Å². The molecule has 0 spiro atoms. The number of hydrogen-bond donors (Lipinski definition) is 1. The van der Waals surface area contributed by atoms with Crippen LogP contribution < -0.4 is 10.1 Å². The number of halogens is 3. The minimum Gasteiger partial charge on any atom is -0.487 e. The van der Waals surface area contributed by atoms with Crippen LogP contribution in [0.5, 0.6) is 5.75 Å². The molecule has 0 aliphatic heterocycles. The van der Waals surface area contributed by atoms with Crippen molar-refractivity contribution >= 4 is 46.1 Å². The Labute approximate surface area is 192 Å². The lowest BCUT2D eigenvalue weighted by atomic mass is 10.2. The zero-order chi connectivity index (χ0) is 21.8. The Bertz CT molecular complexity index is 1200. The second-order valence-corrected chi connectivity index (χ2v) is 8.34. The first-order valence-electron chi connectivity index (χ1n) is 9.21. The number of carbonyl (C=O) groups is 1. The third-order valence-electron chi connectivity index (χ3n) is 4.38. The van der Waals surface area contributed by atoms with Crippen molar-refractivity contribution in [3.8, 4) is 5.75 Å². The fourth-order valence-electron chi connectivity index (χ4n) is 2.85. The first kappa shape index (κ1) is 21.4. The molecule has 9 heteroatoms. The average molecular weight is 476 g/mol. The van der Waals surface area contributed by atoms with Gasteiger partial charge in [0.25, 0.3) is 5.91 Å². The van der Waals surface area contributed by atoms with Crippen molar-refractivity contribution in [3.63, 3.8) is 0 Å². The number of amides is 1. The van der Waals surface area contributed by atoms with Crippen molar-refractivity contribution in [1.29, 1.82) is 0 Å². The fraction of sp³-hybridized carbons (Fsp3) is 0.0909. The summed E-state index contributed by atoms with van der Waals surface area (Å²) in [5.74, 6) is -0.0834. The number of nitrogens with zero attached hydrogens (tertiary/aromatic N) is 2. The summed E-state index contributed by atoms with van der Waals surface area (Å²) in [7, 11) is 0. The van der Waals surface area contributed by atoms with Crippen LogP contribution in [0.15, 0.2) is 66.3 Å². The van der Waals surface area contributed by atoms with Crippen LogP contribution >= 0.6 is 34.5 Å². The lowest BCUT2D eigenvalue weighted by Gasteiger charge is -2.06. The van der Waals surface area contributed by atoms with Crippen molar-refractivity contribution < 1.29 is 13.9 Å². The number of benzene rings is 2. The summed E-state index contributed by atoms with van der Waals surface area (Å²) < 4.78 is 21.2. The second-order valence-electron chi connectivity index (χ2n) is 6.62. The number of aromatic nitrogens is 2. The van der Waals surface area contributed by atoms with Gasteiger partial charge in [-0.05, 0) is 35.7 Å². The molecule has 1 N–H and O–H groups in total. The molecule has 0 aliphatic rings. The maximum Gasteiger partial charge on any atom is 0.265 e. The van der Waals surface area contributed by atoms with E-state index in [1.165, 1.54) is 28.3 Å². The third kappa shape index (κ3) is 5.25. The smallest absolute Gasteiger partial charge is 0.265 e. The van der Waals surface area contributed by atoms with Crippen LogP contribution in [0.4, 0.5) is 10.1 Å². The predicted octanol–water partition coefficient (Wildman–Crippen LogP) is 6.27. The van der Waals surface area contributed by atoms with E-state index in [9.17, 15) is 9.18 Å². The summed E-state index contributed by atoms with van der Waals surface area (Å²) in [6.45, 7) is 0.457. The molecule has 4 rings (SSSR count). The van der Waals surface area contributed by atoms with Gasteiger partial charge >= 0.3 is 0 Å². The van der Waals surface area contributed by atoms with Crippen molar-refractivity contribution in [2.45, 2.75) is 13.2 Å². The van der Waals surface area contributed by atoms with Crippen LogP contribution in [-0.4, -0.2) is 15.7 Å². The SMILES string of the molecule is O=C(Nc1cnn(Cc2c(F)cccc2Cl)c1)c1cc(COc2ccccc2Cl)cs1. The van der Waals surface area contributed by atoms with Gasteiger partial charge in [-0.3, -0.25) is 9.48 Å². The van der Waals surface area contributed by atoms with Gasteiger partial charge in [-0.25, -0.2) is 4.39 Å². The van der Waals surface area contributed by atoms with Crippen LogP contribution in [-0.2, 0) is 13.2 Å². The van der Waals surface area contributed by atoms with Crippen molar-refractivity contribution in [1.82, 2.24) is 9.78 Å². The molecule has 0 bridgehead atoms. The summed E-state index contributed by atoms with van der Waals surface area (Å²) in [5.41, 5.74) is 1.70. The minimum absolute atomic E-state index is 0.157. The van der Waals surface area contributed by atoms with Gasteiger partial charge in [-0.15, -0.1) is 11.3 Å². The molecule has 0 atom stereocenters. The molecule has 31 heavy (non-hydrogen) atoms. The van der Waals surface area contributed by atoms with Gasteiger partial charge in [-0.2, -0.15) is 5.10 Å². The lowest BCUT2D eigenvalue weighted by Crippen LogP contribution is -2.09. The van der Waals surface area contributed by atoms with Gasteiger partial charge in [-0.1, -0.05) is 41.4 Å². The summed E-state index contributed by atoms with van der Waals surface area (Å²) in [5, 5.41) is 9.67. The molecule has 4 aromatic rings. The first-order valence-corrected chi connectivity index (χ1v) is 10.8. The largest absolute Gasteiger partial charge is 0.487 e. The molecule has 0 fully saturated rings. The Balaban J connectivity index is 1.36. The minimum atomic E-state index is -0.404. The maximum atomic E-state index is 14.0. The molecule has 2 aromatic carbocycles. The molecular weight excluding hydrogens is 460 g/mol. The quantitative estimate of drug-likeness (QED) is 0.342. The van der Waals surface area contributed by atoms with Crippen molar-refractivity contribution in [2.24, 2.45) is 0 Å². The lowest BCUT2D eigenvalue weighted by molar-refractivity contribution is 0.103. The molecule has 5 nitrogen and oxygen atoms in total. The Morgan fingerprint density at radius 1 is 1.16 bits per heavy atom. The molecule has 0 aliphatic carbocycles. The molecule has 2 aromatic heterocycles. The van der Waals surface area contributed by atoms with E-state index >= 15 is 0 Å². The number of anilines is 1. The van der Waals surface area contributed by atoms with E-state index in [-0.39, 0.29) is 12.5 Å². The summed E-state index contributed by atoms with van der Waals surface area (Å²) in [6, 6.07) is 13.5. The molecule has 0 saturated heterocycles. The van der Waals surface area contributed by atoms with E-state index in [0.717, 1.165) is 5.56 Å². The topological polar surface area (TPSA) is 56.2 Å². The molecular formula is C22H16Cl2FN3O2S. The highest BCUT2D eigenvalue weighted by molar-refractivity contribution is 7.12. The third-order valence-corrected chi connectivity index (χ3v) is 6.03. The number of thiophene rings is 1. The Hall–Kier alpha value is -2.87. The van der Waals surface area contributed by atoms with Crippen LogP contribution in [0.25, 0.3) is 0 Å². The van der Waals surface area contributed by atoms with Crippen LogP contribution in [0.1, 0.15) is 20.8 Å². The molecule has 0 unspecified atom stereocenters. The van der Waals surface area contributed by atoms with E-state index in [4.69, 9.17) is 27.9 Å². The Morgan fingerprint density at radius 2 is 1.97 bits per heavy atom. The number of carbonyl (C=O) groups excluding carboxylic acids is 1. The van der Waals surface area contributed by atoms with Crippen molar-refractivity contribution in [3.05, 3.63) is 98.2 Å². The zero-order valence-electron chi connectivity index (χ0n) is 16.0. The molecule has 2 heterocycles. The normalized spacial score (nSPS) is 10.8. The number of nitrogens with one attached hydrogen (secondary N) is 1. The highest BCUT2D eigenvalue weighted by Crippen LogP contribution is 2.25. The zero-order valence-corrected chi connectivity index (χ0v) is 18.3. The molecule has 158 valence electrons. The number of para-hydroxylation sites is 1. The summed E-state index contributed by atoms with van der Waals surface area (Å²) in [6.07, 6.45) is 3.12. The molecule has 0 saturated carbocycles. The highest BCUT2D eigenvalue weighted by Gasteiger charge is 2.13.